The fraction of sp³-hybridized carbons (Fsp3) is 0.444. The van der Waals surface area contributed by atoms with Crippen LogP contribution in [-0.4, -0.2) is 38.8 Å². The topological polar surface area (TPSA) is 71.0 Å². The summed E-state index contributed by atoms with van der Waals surface area (Å²) in [5.74, 6) is 0.836. The van der Waals surface area contributed by atoms with Crippen LogP contribution in [0.25, 0.3) is 0 Å². The number of rotatable bonds is 2. The normalized spacial score (nSPS) is 20.5. The van der Waals surface area contributed by atoms with Crippen molar-refractivity contribution >= 4 is 5.91 Å². The number of pyridine rings is 1. The maximum Gasteiger partial charge on any atom is 0.254 e. The highest BCUT2D eigenvalue weighted by molar-refractivity contribution is 5.94. The number of likely N-dealkylation sites (tertiary alicyclic amines) is 1. The summed E-state index contributed by atoms with van der Waals surface area (Å²) >= 11 is 0. The average molecular weight is 323 g/mol. The second kappa shape index (κ2) is 6.65. The molecule has 24 heavy (non-hydrogen) atoms. The molecule has 6 nitrogen and oxygen atoms in total. The van der Waals surface area contributed by atoms with Crippen molar-refractivity contribution in [3.05, 3.63) is 53.4 Å². The second-order valence-corrected chi connectivity index (χ2v) is 6.37. The Balaban J connectivity index is 1.63. The van der Waals surface area contributed by atoms with E-state index in [1.165, 1.54) is 5.56 Å². The lowest BCUT2D eigenvalue weighted by Gasteiger charge is -2.35. The molecule has 0 aliphatic carbocycles. The van der Waals surface area contributed by atoms with Gasteiger partial charge in [0.25, 0.3) is 5.91 Å². The molecule has 1 N–H and O–H groups in total. The minimum atomic E-state index is -0.0281. The fourth-order valence-electron chi connectivity index (χ4n) is 3.52. The van der Waals surface area contributed by atoms with E-state index in [4.69, 9.17) is 4.98 Å². The summed E-state index contributed by atoms with van der Waals surface area (Å²) in [5, 5.41) is 3.34. The lowest BCUT2D eigenvalue weighted by molar-refractivity contribution is 0.0599. The Kier molecular flexibility index (Phi) is 4.21. The van der Waals surface area contributed by atoms with Crippen LogP contribution in [0.15, 0.2) is 30.7 Å². The highest BCUT2D eigenvalue weighted by atomic mass is 16.2. The molecule has 6 heteroatoms. The number of hydrogen-bond acceptors (Lipinski definition) is 5. The van der Waals surface area contributed by atoms with Gasteiger partial charge in [-0.3, -0.25) is 9.78 Å². The number of amides is 1. The highest BCUT2D eigenvalue weighted by Crippen LogP contribution is 2.30. The number of aromatic nitrogens is 3. The van der Waals surface area contributed by atoms with Crippen molar-refractivity contribution in [3.63, 3.8) is 0 Å². The van der Waals surface area contributed by atoms with E-state index in [1.54, 1.807) is 24.5 Å². The molecule has 124 valence electrons. The summed E-state index contributed by atoms with van der Waals surface area (Å²) in [7, 11) is 0. The SMILES string of the molecule is O=C(c1ccncc1)N1CCCCC1c1ncc2c(n1)CCNC2. The third-order valence-electron chi connectivity index (χ3n) is 4.82. The predicted molar refractivity (Wildman–Crippen MR) is 89.3 cm³/mol. The van der Waals surface area contributed by atoms with E-state index in [-0.39, 0.29) is 11.9 Å². The molecule has 1 unspecified atom stereocenters. The van der Waals surface area contributed by atoms with Gasteiger partial charge in [0.05, 0.1) is 6.04 Å². The second-order valence-electron chi connectivity index (χ2n) is 6.37. The van der Waals surface area contributed by atoms with E-state index in [2.05, 4.69) is 15.3 Å². The van der Waals surface area contributed by atoms with Crippen molar-refractivity contribution in [1.82, 2.24) is 25.2 Å². The molecular weight excluding hydrogens is 302 g/mol. The Morgan fingerprint density at radius 2 is 2.12 bits per heavy atom. The summed E-state index contributed by atoms with van der Waals surface area (Å²) in [6.07, 6.45) is 9.23. The van der Waals surface area contributed by atoms with Crippen molar-refractivity contribution in [2.75, 3.05) is 13.1 Å². The van der Waals surface area contributed by atoms with Crippen molar-refractivity contribution in [3.8, 4) is 0 Å². The van der Waals surface area contributed by atoms with Gasteiger partial charge in [-0.1, -0.05) is 0 Å². The van der Waals surface area contributed by atoms with Crippen molar-refractivity contribution < 1.29 is 4.79 Å². The van der Waals surface area contributed by atoms with Crippen LogP contribution in [-0.2, 0) is 13.0 Å². The largest absolute Gasteiger partial charge is 0.328 e. The summed E-state index contributed by atoms with van der Waals surface area (Å²) < 4.78 is 0. The number of nitrogens with zero attached hydrogens (tertiary/aromatic N) is 4. The summed E-state index contributed by atoms with van der Waals surface area (Å²) in [6, 6.07) is 3.51. The van der Waals surface area contributed by atoms with Crippen LogP contribution >= 0.6 is 0 Å². The van der Waals surface area contributed by atoms with Gasteiger partial charge in [0, 0.05) is 61.5 Å². The van der Waals surface area contributed by atoms with Gasteiger partial charge in [0.1, 0.15) is 0 Å². The van der Waals surface area contributed by atoms with Crippen LogP contribution < -0.4 is 5.32 Å². The Morgan fingerprint density at radius 1 is 1.25 bits per heavy atom. The first-order valence-electron chi connectivity index (χ1n) is 8.59. The van der Waals surface area contributed by atoms with Crippen LogP contribution in [0.1, 0.15) is 52.7 Å². The Bertz CT molecular complexity index is 733. The molecule has 0 aromatic carbocycles. The van der Waals surface area contributed by atoms with Gasteiger partial charge >= 0.3 is 0 Å². The highest BCUT2D eigenvalue weighted by Gasteiger charge is 2.31. The van der Waals surface area contributed by atoms with Gasteiger partial charge in [0.2, 0.25) is 0 Å². The molecule has 2 aliphatic rings. The molecule has 1 saturated heterocycles. The molecule has 2 aromatic rings. The molecule has 1 amide bonds. The number of hydrogen-bond donors (Lipinski definition) is 1. The van der Waals surface area contributed by atoms with Crippen LogP contribution in [0.3, 0.4) is 0 Å². The van der Waals surface area contributed by atoms with Gasteiger partial charge in [0.15, 0.2) is 5.82 Å². The summed E-state index contributed by atoms with van der Waals surface area (Å²) in [6.45, 7) is 2.54. The minimum Gasteiger partial charge on any atom is -0.328 e. The maximum absolute atomic E-state index is 12.9. The summed E-state index contributed by atoms with van der Waals surface area (Å²) in [5.41, 5.74) is 2.98. The van der Waals surface area contributed by atoms with Gasteiger partial charge in [-0.2, -0.15) is 0 Å². The lowest BCUT2D eigenvalue weighted by Crippen LogP contribution is -2.39. The molecule has 0 spiro atoms. The first-order valence-corrected chi connectivity index (χ1v) is 8.59. The zero-order chi connectivity index (χ0) is 16.4. The average Bonchev–Trinajstić information content (AvgIpc) is 2.68. The molecule has 1 atom stereocenters. The number of fused-ring (bicyclic) bond motifs is 1. The molecule has 1 fully saturated rings. The smallest absolute Gasteiger partial charge is 0.254 e. The Hall–Kier alpha value is -2.34. The molecular formula is C18H21N5O. The monoisotopic (exact) mass is 323 g/mol. The predicted octanol–water partition coefficient (Wildman–Crippen LogP) is 1.88. The third-order valence-corrected chi connectivity index (χ3v) is 4.82. The number of carbonyl (C=O) groups is 1. The standard InChI is InChI=1S/C18H21N5O/c24-18(13-4-7-19-8-5-13)23-10-2-1-3-16(23)17-21-12-14-11-20-9-6-15(14)22-17/h4-5,7-8,12,16,20H,1-3,6,9-11H2. The Labute approximate surface area is 141 Å². The molecule has 4 rings (SSSR count). The zero-order valence-electron chi connectivity index (χ0n) is 13.6. The van der Waals surface area contributed by atoms with Crippen LogP contribution in [0.2, 0.25) is 0 Å². The molecule has 0 radical (unpaired) electrons. The third kappa shape index (κ3) is 2.89. The van der Waals surface area contributed by atoms with Gasteiger partial charge in [-0.15, -0.1) is 0 Å². The fourth-order valence-corrected chi connectivity index (χ4v) is 3.52. The molecule has 2 aromatic heterocycles. The molecule has 4 heterocycles. The first kappa shape index (κ1) is 15.2. The molecule has 0 saturated carbocycles. The van der Waals surface area contributed by atoms with Gasteiger partial charge in [-0.25, -0.2) is 9.97 Å². The van der Waals surface area contributed by atoms with E-state index in [9.17, 15) is 4.79 Å². The Morgan fingerprint density at radius 3 is 3.00 bits per heavy atom. The number of piperidine rings is 1. The lowest BCUT2D eigenvalue weighted by atomic mass is 9.99. The maximum atomic E-state index is 12.9. The number of nitrogens with one attached hydrogen (secondary N) is 1. The first-order chi connectivity index (χ1) is 11.8. The van der Waals surface area contributed by atoms with E-state index in [1.807, 2.05) is 11.1 Å². The molecule has 0 bridgehead atoms. The number of carbonyl (C=O) groups excluding carboxylic acids is 1. The van der Waals surface area contributed by atoms with E-state index in [0.717, 1.165) is 56.8 Å². The summed E-state index contributed by atoms with van der Waals surface area (Å²) in [4.78, 5) is 28.2. The van der Waals surface area contributed by atoms with E-state index < -0.39 is 0 Å². The van der Waals surface area contributed by atoms with Crippen molar-refractivity contribution in [2.45, 2.75) is 38.3 Å². The van der Waals surface area contributed by atoms with Crippen molar-refractivity contribution in [1.29, 1.82) is 0 Å². The minimum absolute atomic E-state index is 0.0281. The van der Waals surface area contributed by atoms with Gasteiger partial charge in [-0.05, 0) is 31.4 Å². The van der Waals surface area contributed by atoms with Crippen LogP contribution in [0.5, 0.6) is 0 Å². The van der Waals surface area contributed by atoms with Crippen LogP contribution in [0, 0.1) is 0 Å². The van der Waals surface area contributed by atoms with Crippen LogP contribution in [0.4, 0.5) is 0 Å². The zero-order valence-corrected chi connectivity index (χ0v) is 13.6. The van der Waals surface area contributed by atoms with Gasteiger partial charge < -0.3 is 10.2 Å². The molecule has 2 aliphatic heterocycles. The quantitative estimate of drug-likeness (QED) is 0.914. The van der Waals surface area contributed by atoms with E-state index >= 15 is 0 Å². The van der Waals surface area contributed by atoms with Crippen molar-refractivity contribution in [2.24, 2.45) is 0 Å². The van der Waals surface area contributed by atoms with E-state index in [0.29, 0.717) is 5.56 Å².